The smallest absolute Gasteiger partial charge is 0.407 e. The number of methoxy groups -OCH3 is 3. The number of carbonyl (C=O) groups excluding carboxylic acids is 3. The molecule has 1 amide bonds. The summed E-state index contributed by atoms with van der Waals surface area (Å²) in [4.78, 5) is 35.4. The molecule has 7 nitrogen and oxygen atoms in total. The van der Waals surface area contributed by atoms with Crippen molar-refractivity contribution in [1.82, 2.24) is 5.32 Å². The molecule has 1 N–H and O–H groups in total. The SMILES string of the molecule is COC(=O)N[C@@H](c1ccc(Br)cc1)C(C(=O)OC)C(=O)OC. The summed E-state index contributed by atoms with van der Waals surface area (Å²) in [6, 6.07) is 5.76. The van der Waals surface area contributed by atoms with Crippen molar-refractivity contribution >= 4 is 34.0 Å². The molecule has 0 fully saturated rings. The standard InChI is InChI=1S/C14H16BrNO6/c1-20-12(17)10(13(18)21-2)11(16-14(19)22-3)8-4-6-9(15)7-5-8/h4-7,10-11H,1-3H3,(H,16,19)/t11-/m0/s1. The molecular formula is C14H16BrNO6. The summed E-state index contributed by atoms with van der Waals surface area (Å²) in [6.07, 6.45) is -0.786. The second-order valence-electron chi connectivity index (χ2n) is 4.19. The summed E-state index contributed by atoms with van der Waals surface area (Å²) in [7, 11) is 3.48. The van der Waals surface area contributed by atoms with E-state index < -0.39 is 30.0 Å². The van der Waals surface area contributed by atoms with Crippen LogP contribution in [0.1, 0.15) is 11.6 Å². The van der Waals surface area contributed by atoms with Gasteiger partial charge in [0.1, 0.15) is 0 Å². The molecule has 0 radical (unpaired) electrons. The van der Waals surface area contributed by atoms with Gasteiger partial charge in [-0.1, -0.05) is 28.1 Å². The maximum Gasteiger partial charge on any atom is 0.407 e. The number of alkyl carbamates (subject to hydrolysis) is 1. The summed E-state index contributed by atoms with van der Waals surface area (Å²) in [6.45, 7) is 0. The van der Waals surface area contributed by atoms with Crippen molar-refractivity contribution in [2.75, 3.05) is 21.3 Å². The van der Waals surface area contributed by atoms with Gasteiger partial charge in [0.25, 0.3) is 0 Å². The molecule has 0 aliphatic carbocycles. The third-order valence-corrected chi connectivity index (χ3v) is 3.46. The van der Waals surface area contributed by atoms with Crippen LogP contribution in [-0.2, 0) is 23.8 Å². The van der Waals surface area contributed by atoms with Gasteiger partial charge in [-0.2, -0.15) is 0 Å². The Bertz CT molecular complexity index is 529. The van der Waals surface area contributed by atoms with E-state index in [9.17, 15) is 14.4 Å². The van der Waals surface area contributed by atoms with Gasteiger partial charge in [-0.15, -0.1) is 0 Å². The van der Waals surface area contributed by atoms with Crippen molar-refractivity contribution in [2.45, 2.75) is 6.04 Å². The molecule has 0 saturated carbocycles. The number of rotatable bonds is 5. The van der Waals surface area contributed by atoms with Crippen LogP contribution >= 0.6 is 15.9 Å². The van der Waals surface area contributed by atoms with Gasteiger partial charge in [0.2, 0.25) is 0 Å². The van der Waals surface area contributed by atoms with E-state index in [-0.39, 0.29) is 0 Å². The summed E-state index contributed by atoms with van der Waals surface area (Å²) in [5, 5.41) is 2.45. The fourth-order valence-electron chi connectivity index (χ4n) is 1.84. The number of benzene rings is 1. The van der Waals surface area contributed by atoms with Crippen LogP contribution in [0.25, 0.3) is 0 Å². The number of nitrogens with one attached hydrogen (secondary N) is 1. The van der Waals surface area contributed by atoms with E-state index in [0.29, 0.717) is 5.56 Å². The molecule has 0 spiro atoms. The van der Waals surface area contributed by atoms with Crippen molar-refractivity contribution in [3.63, 3.8) is 0 Å². The lowest BCUT2D eigenvalue weighted by Crippen LogP contribution is -2.41. The molecule has 0 bridgehead atoms. The Hall–Kier alpha value is -2.09. The number of hydrogen-bond acceptors (Lipinski definition) is 6. The fourth-order valence-corrected chi connectivity index (χ4v) is 2.10. The van der Waals surface area contributed by atoms with Gasteiger partial charge < -0.3 is 19.5 Å². The molecular weight excluding hydrogens is 358 g/mol. The molecule has 1 atom stereocenters. The fraction of sp³-hybridized carbons (Fsp3) is 0.357. The largest absolute Gasteiger partial charge is 0.468 e. The first-order chi connectivity index (χ1) is 10.4. The Morgan fingerprint density at radius 3 is 1.86 bits per heavy atom. The van der Waals surface area contributed by atoms with Crippen LogP contribution in [0.15, 0.2) is 28.7 Å². The highest BCUT2D eigenvalue weighted by Gasteiger charge is 2.39. The normalized spacial score (nSPS) is 11.5. The van der Waals surface area contributed by atoms with E-state index in [2.05, 4.69) is 35.5 Å². The number of hydrogen-bond donors (Lipinski definition) is 1. The lowest BCUT2D eigenvalue weighted by Gasteiger charge is -2.24. The Balaban J connectivity index is 3.26. The van der Waals surface area contributed by atoms with Gasteiger partial charge in [0, 0.05) is 4.47 Å². The van der Waals surface area contributed by atoms with E-state index in [1.54, 1.807) is 24.3 Å². The quantitative estimate of drug-likeness (QED) is 0.480. The van der Waals surface area contributed by atoms with E-state index >= 15 is 0 Å². The average molecular weight is 374 g/mol. The molecule has 0 aliphatic heterocycles. The molecule has 0 unspecified atom stereocenters. The van der Waals surface area contributed by atoms with Crippen molar-refractivity contribution < 1.29 is 28.6 Å². The maximum absolute atomic E-state index is 11.9. The highest BCUT2D eigenvalue weighted by Crippen LogP contribution is 2.26. The van der Waals surface area contributed by atoms with Crippen LogP contribution in [0, 0.1) is 5.92 Å². The van der Waals surface area contributed by atoms with E-state index in [1.165, 1.54) is 7.11 Å². The summed E-state index contributed by atoms with van der Waals surface area (Å²) >= 11 is 3.29. The van der Waals surface area contributed by atoms with E-state index in [4.69, 9.17) is 0 Å². The van der Waals surface area contributed by atoms with Gasteiger partial charge in [-0.05, 0) is 17.7 Å². The monoisotopic (exact) mass is 373 g/mol. The molecule has 1 rings (SSSR count). The van der Waals surface area contributed by atoms with Gasteiger partial charge in [-0.3, -0.25) is 9.59 Å². The molecule has 0 aliphatic rings. The molecule has 120 valence electrons. The summed E-state index contributed by atoms with van der Waals surface area (Å²) in [5.41, 5.74) is 0.523. The number of halogens is 1. The van der Waals surface area contributed by atoms with Crippen LogP contribution in [0.3, 0.4) is 0 Å². The highest BCUT2D eigenvalue weighted by molar-refractivity contribution is 9.10. The summed E-state index contributed by atoms with van der Waals surface area (Å²) < 4.78 is 14.6. The van der Waals surface area contributed by atoms with Crippen LogP contribution < -0.4 is 5.32 Å². The van der Waals surface area contributed by atoms with Crippen molar-refractivity contribution in [2.24, 2.45) is 5.92 Å². The van der Waals surface area contributed by atoms with Gasteiger partial charge in [0.15, 0.2) is 5.92 Å². The number of carbonyl (C=O) groups is 3. The molecule has 0 aromatic heterocycles. The average Bonchev–Trinajstić information content (AvgIpc) is 2.54. The molecule has 1 aromatic rings. The molecule has 1 aromatic carbocycles. The molecule has 8 heteroatoms. The van der Waals surface area contributed by atoms with Gasteiger partial charge >= 0.3 is 18.0 Å². The minimum atomic E-state index is -1.35. The Morgan fingerprint density at radius 1 is 0.955 bits per heavy atom. The first-order valence-electron chi connectivity index (χ1n) is 6.20. The van der Waals surface area contributed by atoms with Crippen LogP contribution in [-0.4, -0.2) is 39.4 Å². The van der Waals surface area contributed by atoms with Gasteiger partial charge in [-0.25, -0.2) is 4.79 Å². The first kappa shape index (κ1) is 18.0. The van der Waals surface area contributed by atoms with Gasteiger partial charge in [0.05, 0.1) is 27.4 Å². The summed E-state index contributed by atoms with van der Waals surface area (Å²) in [5.74, 6) is -3.00. The maximum atomic E-state index is 11.9. The Labute approximate surface area is 136 Å². The predicted molar refractivity (Wildman–Crippen MR) is 79.9 cm³/mol. The second kappa shape index (κ2) is 8.38. The topological polar surface area (TPSA) is 90.9 Å². The lowest BCUT2D eigenvalue weighted by atomic mass is 9.93. The number of esters is 2. The van der Waals surface area contributed by atoms with Crippen LogP contribution in [0.4, 0.5) is 4.79 Å². The van der Waals surface area contributed by atoms with Crippen molar-refractivity contribution in [1.29, 1.82) is 0 Å². The third kappa shape index (κ3) is 4.45. The molecule has 22 heavy (non-hydrogen) atoms. The molecule has 0 saturated heterocycles. The first-order valence-corrected chi connectivity index (χ1v) is 6.99. The number of amides is 1. The number of ether oxygens (including phenoxy) is 3. The Morgan fingerprint density at radius 2 is 1.45 bits per heavy atom. The minimum absolute atomic E-state index is 0.523. The highest BCUT2D eigenvalue weighted by atomic mass is 79.9. The third-order valence-electron chi connectivity index (χ3n) is 2.93. The second-order valence-corrected chi connectivity index (χ2v) is 5.10. The lowest BCUT2D eigenvalue weighted by molar-refractivity contribution is -0.160. The van der Waals surface area contributed by atoms with Crippen molar-refractivity contribution in [3.8, 4) is 0 Å². The van der Waals surface area contributed by atoms with E-state index in [0.717, 1.165) is 18.7 Å². The predicted octanol–water partition coefficient (Wildman–Crippen LogP) is 1.81. The van der Waals surface area contributed by atoms with E-state index in [1.807, 2.05) is 0 Å². The minimum Gasteiger partial charge on any atom is -0.468 e. The zero-order valence-corrected chi connectivity index (χ0v) is 13.9. The van der Waals surface area contributed by atoms with Crippen molar-refractivity contribution in [3.05, 3.63) is 34.3 Å². The van der Waals surface area contributed by atoms with Crippen LogP contribution in [0.5, 0.6) is 0 Å². The zero-order valence-electron chi connectivity index (χ0n) is 12.3. The zero-order chi connectivity index (χ0) is 16.7. The molecule has 0 heterocycles. The van der Waals surface area contributed by atoms with Crippen LogP contribution in [0.2, 0.25) is 0 Å². The Kier molecular flexibility index (Phi) is 6.84.